The average Bonchev–Trinajstić information content (AvgIpc) is 2.64. The second kappa shape index (κ2) is 12.1. The molecule has 3 nitrogen and oxygen atoms in total. The Kier molecular flexibility index (Phi) is 10.9. The molecule has 0 aliphatic heterocycles. The van der Waals surface area contributed by atoms with E-state index in [4.69, 9.17) is 9.46 Å². The molecule has 4 heteroatoms. The Morgan fingerprint density at radius 2 is 1.55 bits per heavy atom. The van der Waals surface area contributed by atoms with E-state index in [1.165, 1.54) is 5.56 Å². The molecule has 1 rings (SSSR count). The first kappa shape index (κ1) is 27.8. The van der Waals surface area contributed by atoms with Gasteiger partial charge >= 0.3 is 0 Å². The number of hydrogen-bond donors (Lipinski definition) is 1. The summed E-state index contributed by atoms with van der Waals surface area (Å²) in [5.41, 5.74) is 0.714. The minimum absolute atomic E-state index is 0.0770. The Labute approximate surface area is 192 Å². The first-order chi connectivity index (χ1) is 14.2. The second-order valence-corrected chi connectivity index (χ2v) is 15.7. The van der Waals surface area contributed by atoms with Crippen LogP contribution >= 0.6 is 0 Å². The Balaban J connectivity index is 2.65. The van der Waals surface area contributed by atoms with Crippen LogP contribution in [-0.4, -0.2) is 25.1 Å². The minimum Gasteiger partial charge on any atom is -0.393 e. The molecule has 4 atom stereocenters. The van der Waals surface area contributed by atoms with Crippen molar-refractivity contribution in [3.63, 3.8) is 0 Å². The third kappa shape index (κ3) is 10.8. The highest BCUT2D eigenvalue weighted by Gasteiger charge is 2.41. The average molecular weight is 447 g/mol. The monoisotopic (exact) mass is 446 g/mol. The molecule has 0 saturated heterocycles. The summed E-state index contributed by atoms with van der Waals surface area (Å²) in [7, 11) is -2.02. The van der Waals surface area contributed by atoms with Gasteiger partial charge in [0.2, 0.25) is 8.32 Å². The smallest absolute Gasteiger partial charge is 0.238 e. The topological polar surface area (TPSA) is 38.7 Å². The van der Waals surface area contributed by atoms with E-state index in [0.717, 1.165) is 12.8 Å². The second-order valence-electron chi connectivity index (χ2n) is 11.0. The summed E-state index contributed by atoms with van der Waals surface area (Å²) in [4.78, 5) is 6.07. The SMILES string of the molecule is C[C@H](/C=C/c1ccccc1)C/C=C/[C@H](C)C[C@@](C)(C[C@@H](C)O)OO[Si](C)(C)C(C)(C)C. The summed E-state index contributed by atoms with van der Waals surface area (Å²) in [6.07, 6.45) is 10.9. The van der Waals surface area contributed by atoms with Crippen LogP contribution in [0.25, 0.3) is 6.08 Å². The van der Waals surface area contributed by atoms with E-state index in [1.54, 1.807) is 0 Å². The van der Waals surface area contributed by atoms with Crippen molar-refractivity contribution < 1.29 is 14.6 Å². The van der Waals surface area contributed by atoms with E-state index < -0.39 is 20.0 Å². The lowest BCUT2D eigenvalue weighted by Gasteiger charge is -2.39. The van der Waals surface area contributed by atoms with Crippen molar-refractivity contribution in [2.75, 3.05) is 0 Å². The first-order valence-electron chi connectivity index (χ1n) is 11.7. The van der Waals surface area contributed by atoms with Crippen molar-refractivity contribution in [3.05, 3.63) is 54.1 Å². The fourth-order valence-electron chi connectivity index (χ4n) is 3.30. The van der Waals surface area contributed by atoms with Gasteiger partial charge in [0.15, 0.2) is 0 Å². The van der Waals surface area contributed by atoms with Gasteiger partial charge in [0, 0.05) is 6.42 Å². The third-order valence-corrected chi connectivity index (χ3v) is 10.2. The number of hydrogen-bond acceptors (Lipinski definition) is 3. The summed E-state index contributed by atoms with van der Waals surface area (Å²) in [6, 6.07) is 10.4. The molecule has 1 N–H and O–H groups in total. The zero-order valence-corrected chi connectivity index (χ0v) is 22.3. The van der Waals surface area contributed by atoms with Gasteiger partial charge in [-0.2, -0.15) is 0 Å². The third-order valence-electron chi connectivity index (χ3n) is 6.13. The predicted molar refractivity (Wildman–Crippen MR) is 136 cm³/mol. The highest BCUT2D eigenvalue weighted by molar-refractivity contribution is 6.73. The van der Waals surface area contributed by atoms with Gasteiger partial charge in [-0.3, -0.25) is 4.58 Å². The molecular formula is C27H46O3Si. The standard InChI is InChI=1S/C27H46O3Si/c1-22(18-19-25-16-11-10-12-17-25)14-13-15-23(2)20-27(7,21-24(3)28)29-30-31(8,9)26(4,5)6/h10-13,15-19,22-24,28H,14,20-21H2,1-9H3/b15-13+,19-18+/t22-,23-,24+,27-/m0/s1. The van der Waals surface area contributed by atoms with E-state index in [2.05, 4.69) is 103 Å². The van der Waals surface area contributed by atoms with Crippen molar-refractivity contribution in [1.82, 2.24) is 0 Å². The highest BCUT2D eigenvalue weighted by Crippen LogP contribution is 2.38. The lowest BCUT2D eigenvalue weighted by atomic mass is 9.88. The van der Waals surface area contributed by atoms with Gasteiger partial charge in [0.25, 0.3) is 0 Å². The van der Waals surface area contributed by atoms with Crippen LogP contribution in [0.3, 0.4) is 0 Å². The predicted octanol–water partition coefficient (Wildman–Crippen LogP) is 7.79. The van der Waals surface area contributed by atoms with Gasteiger partial charge < -0.3 is 5.11 Å². The number of aliphatic hydroxyl groups excluding tert-OH is 1. The molecule has 176 valence electrons. The summed E-state index contributed by atoms with van der Waals surface area (Å²) >= 11 is 0. The molecule has 0 aliphatic carbocycles. The summed E-state index contributed by atoms with van der Waals surface area (Å²) in [6.45, 7) is 19.3. The molecule has 0 aliphatic rings. The molecule has 1 aromatic carbocycles. The molecule has 0 radical (unpaired) electrons. The fraction of sp³-hybridized carbons (Fsp3) is 0.630. The van der Waals surface area contributed by atoms with Crippen LogP contribution in [0.1, 0.15) is 73.3 Å². The molecule has 0 spiro atoms. The maximum Gasteiger partial charge on any atom is 0.238 e. The van der Waals surface area contributed by atoms with Crippen LogP contribution in [0.4, 0.5) is 0 Å². The Bertz CT molecular complexity index is 688. The molecule has 0 unspecified atom stereocenters. The zero-order valence-electron chi connectivity index (χ0n) is 21.3. The maximum absolute atomic E-state index is 10.0. The molecule has 1 aromatic rings. The minimum atomic E-state index is -2.02. The van der Waals surface area contributed by atoms with Gasteiger partial charge in [-0.05, 0) is 62.2 Å². The van der Waals surface area contributed by atoms with Crippen LogP contribution in [0.15, 0.2) is 48.6 Å². The van der Waals surface area contributed by atoms with Gasteiger partial charge in [0.1, 0.15) is 5.60 Å². The number of aliphatic hydroxyl groups is 1. The Morgan fingerprint density at radius 1 is 0.935 bits per heavy atom. The van der Waals surface area contributed by atoms with Crippen LogP contribution < -0.4 is 0 Å². The lowest BCUT2D eigenvalue weighted by molar-refractivity contribution is -0.307. The van der Waals surface area contributed by atoms with Gasteiger partial charge in [-0.15, -0.1) is 0 Å². The molecule has 0 fully saturated rings. The molecular weight excluding hydrogens is 400 g/mol. The summed E-state index contributed by atoms with van der Waals surface area (Å²) in [5, 5.41) is 10.1. The molecule has 31 heavy (non-hydrogen) atoms. The van der Waals surface area contributed by atoms with E-state index in [0.29, 0.717) is 18.3 Å². The fourth-order valence-corrected chi connectivity index (χ4v) is 3.96. The van der Waals surface area contributed by atoms with Gasteiger partial charge in [-0.25, -0.2) is 4.89 Å². The van der Waals surface area contributed by atoms with Gasteiger partial charge in [0.05, 0.1) is 6.10 Å². The highest BCUT2D eigenvalue weighted by atomic mass is 28.4. The molecule has 0 bridgehead atoms. The van der Waals surface area contributed by atoms with Crippen molar-refractivity contribution in [2.24, 2.45) is 11.8 Å². The van der Waals surface area contributed by atoms with Crippen molar-refractivity contribution in [2.45, 2.75) is 97.6 Å². The number of allylic oxidation sites excluding steroid dienone is 3. The first-order valence-corrected chi connectivity index (χ1v) is 14.6. The van der Waals surface area contributed by atoms with Crippen LogP contribution in [0.5, 0.6) is 0 Å². The summed E-state index contributed by atoms with van der Waals surface area (Å²) < 4.78 is 6.07. The van der Waals surface area contributed by atoms with Crippen molar-refractivity contribution >= 4 is 14.4 Å². The molecule has 0 saturated carbocycles. The quantitative estimate of drug-likeness (QED) is 0.154. The number of benzene rings is 1. The van der Waals surface area contributed by atoms with Crippen molar-refractivity contribution in [1.29, 1.82) is 0 Å². The van der Waals surface area contributed by atoms with E-state index >= 15 is 0 Å². The Morgan fingerprint density at radius 3 is 2.10 bits per heavy atom. The van der Waals surface area contributed by atoms with Gasteiger partial charge in [-0.1, -0.05) is 89.3 Å². The maximum atomic E-state index is 10.0. The normalized spacial score (nSPS) is 18.3. The van der Waals surface area contributed by atoms with E-state index in [1.807, 2.05) is 13.0 Å². The van der Waals surface area contributed by atoms with Crippen molar-refractivity contribution in [3.8, 4) is 0 Å². The van der Waals surface area contributed by atoms with Crippen LogP contribution in [-0.2, 0) is 9.46 Å². The zero-order chi connectivity index (χ0) is 23.7. The summed E-state index contributed by atoms with van der Waals surface area (Å²) in [5.74, 6) is 0.808. The largest absolute Gasteiger partial charge is 0.393 e. The van der Waals surface area contributed by atoms with Crippen LogP contribution in [0.2, 0.25) is 18.1 Å². The van der Waals surface area contributed by atoms with E-state index in [9.17, 15) is 5.11 Å². The number of rotatable bonds is 12. The van der Waals surface area contributed by atoms with Crippen LogP contribution in [0, 0.1) is 11.8 Å². The molecule has 0 heterocycles. The molecule has 0 amide bonds. The Hall–Kier alpha value is -1.20. The lowest BCUT2D eigenvalue weighted by Crippen LogP contribution is -2.45. The van der Waals surface area contributed by atoms with E-state index in [-0.39, 0.29) is 5.04 Å². The molecule has 0 aromatic heterocycles.